The van der Waals surface area contributed by atoms with Crippen molar-refractivity contribution in [1.29, 1.82) is 0 Å². The monoisotopic (exact) mass is 518 g/mol. The van der Waals surface area contributed by atoms with Gasteiger partial charge in [-0.2, -0.15) is 0 Å². The fourth-order valence-corrected chi connectivity index (χ4v) is 4.23. The minimum atomic E-state index is -0.796. The minimum absolute atomic E-state index is 0.137. The Morgan fingerprint density at radius 3 is 2.05 bits per heavy atom. The molecule has 3 aromatic carbocycles. The van der Waals surface area contributed by atoms with Gasteiger partial charge >= 0.3 is 0 Å². The zero-order chi connectivity index (χ0) is 27.9. The van der Waals surface area contributed by atoms with E-state index in [-0.39, 0.29) is 36.2 Å². The summed E-state index contributed by atoms with van der Waals surface area (Å²) in [6.07, 6.45) is 0.328. The molecule has 0 spiro atoms. The number of ether oxygens (including phenoxy) is 1. The van der Waals surface area contributed by atoms with Crippen molar-refractivity contribution in [3.05, 3.63) is 101 Å². The first-order chi connectivity index (χ1) is 17.8. The minimum Gasteiger partial charge on any atom is -0.483 e. The number of benzene rings is 3. The van der Waals surface area contributed by atoms with Crippen LogP contribution in [0, 0.1) is 5.82 Å². The number of nitrogens with one attached hydrogen (secondary N) is 1. The topological polar surface area (TPSA) is 58.6 Å². The molecule has 0 aliphatic carbocycles. The molecular formula is C32H39FN2O3. The molecule has 0 aliphatic heterocycles. The Balaban J connectivity index is 1.95. The summed E-state index contributed by atoms with van der Waals surface area (Å²) in [5.41, 5.74) is 1.98. The molecule has 1 N–H and O–H groups in total. The van der Waals surface area contributed by atoms with Crippen molar-refractivity contribution in [3.63, 3.8) is 0 Å². The van der Waals surface area contributed by atoms with Crippen LogP contribution in [0.5, 0.6) is 5.75 Å². The number of carbonyl (C=O) groups excluding carboxylic acids is 2. The lowest BCUT2D eigenvalue weighted by atomic mass is 9.86. The quantitative estimate of drug-likeness (QED) is 0.375. The van der Waals surface area contributed by atoms with Crippen molar-refractivity contribution in [2.45, 2.75) is 71.5 Å². The van der Waals surface area contributed by atoms with Gasteiger partial charge in [0.1, 0.15) is 17.6 Å². The maximum atomic E-state index is 13.8. The average Bonchev–Trinajstić information content (AvgIpc) is 2.85. The largest absolute Gasteiger partial charge is 0.483 e. The van der Waals surface area contributed by atoms with Gasteiger partial charge in [-0.15, -0.1) is 0 Å². The number of carbonyl (C=O) groups is 2. The predicted octanol–water partition coefficient (Wildman–Crippen LogP) is 6.06. The second kappa shape index (κ2) is 12.2. The molecule has 0 radical (unpaired) electrons. The summed E-state index contributed by atoms with van der Waals surface area (Å²) in [5, 5.41) is 3.04. The van der Waals surface area contributed by atoms with E-state index in [2.05, 4.69) is 26.1 Å². The molecule has 6 heteroatoms. The second-order valence-corrected chi connectivity index (χ2v) is 11.6. The van der Waals surface area contributed by atoms with Crippen LogP contribution in [0.3, 0.4) is 0 Å². The summed E-state index contributed by atoms with van der Waals surface area (Å²) >= 11 is 0. The van der Waals surface area contributed by atoms with Gasteiger partial charge in [0, 0.05) is 18.5 Å². The molecule has 0 unspecified atom stereocenters. The lowest BCUT2D eigenvalue weighted by Gasteiger charge is -2.34. The van der Waals surface area contributed by atoms with Crippen LogP contribution in [0.25, 0.3) is 0 Å². The summed E-state index contributed by atoms with van der Waals surface area (Å²) in [4.78, 5) is 28.9. The number of amides is 2. The highest BCUT2D eigenvalue weighted by Crippen LogP contribution is 2.31. The van der Waals surface area contributed by atoms with Crippen LogP contribution in [0.1, 0.15) is 58.2 Å². The van der Waals surface area contributed by atoms with Gasteiger partial charge in [-0.05, 0) is 61.1 Å². The van der Waals surface area contributed by atoms with Crippen molar-refractivity contribution >= 4 is 11.8 Å². The van der Waals surface area contributed by atoms with Gasteiger partial charge in [-0.25, -0.2) is 4.39 Å². The summed E-state index contributed by atoms with van der Waals surface area (Å²) in [6.45, 7) is 11.9. The molecule has 5 nitrogen and oxygen atoms in total. The smallest absolute Gasteiger partial charge is 0.261 e. The molecule has 0 heterocycles. The van der Waals surface area contributed by atoms with E-state index in [0.29, 0.717) is 12.2 Å². The highest BCUT2D eigenvalue weighted by atomic mass is 19.1. The Morgan fingerprint density at radius 2 is 1.45 bits per heavy atom. The molecule has 0 saturated heterocycles. The van der Waals surface area contributed by atoms with Crippen LogP contribution in [-0.4, -0.2) is 34.9 Å². The van der Waals surface area contributed by atoms with Crippen molar-refractivity contribution in [1.82, 2.24) is 10.2 Å². The lowest BCUT2D eigenvalue weighted by molar-refractivity contribution is -0.143. The molecule has 0 fully saturated rings. The Morgan fingerprint density at radius 1 is 0.842 bits per heavy atom. The van der Waals surface area contributed by atoms with Gasteiger partial charge in [0.2, 0.25) is 5.91 Å². The van der Waals surface area contributed by atoms with E-state index in [0.717, 1.165) is 16.7 Å². The van der Waals surface area contributed by atoms with Gasteiger partial charge in [0.25, 0.3) is 5.91 Å². The van der Waals surface area contributed by atoms with E-state index >= 15 is 0 Å². The fraction of sp³-hybridized carbons (Fsp3) is 0.375. The number of para-hydroxylation sites is 1. The van der Waals surface area contributed by atoms with E-state index in [9.17, 15) is 14.0 Å². The molecule has 2 amide bonds. The maximum absolute atomic E-state index is 13.8. The number of hydrogen-bond acceptors (Lipinski definition) is 3. The van der Waals surface area contributed by atoms with Gasteiger partial charge in [0.15, 0.2) is 6.61 Å². The number of halogens is 1. The normalized spacial score (nSPS) is 12.5. The summed E-state index contributed by atoms with van der Waals surface area (Å²) in [6, 6.07) is 22.5. The third-order valence-corrected chi connectivity index (χ3v) is 6.08. The number of nitrogens with zero attached hydrogens (tertiary/aromatic N) is 1. The molecule has 38 heavy (non-hydrogen) atoms. The zero-order valence-corrected chi connectivity index (χ0v) is 23.3. The molecule has 0 saturated carbocycles. The molecule has 3 rings (SSSR count). The van der Waals surface area contributed by atoms with Crippen LogP contribution in [0.2, 0.25) is 0 Å². The lowest BCUT2D eigenvalue weighted by Crippen LogP contribution is -2.55. The average molecular weight is 519 g/mol. The molecule has 0 aromatic heterocycles. The van der Waals surface area contributed by atoms with Gasteiger partial charge < -0.3 is 15.0 Å². The van der Waals surface area contributed by atoms with Gasteiger partial charge in [0.05, 0.1) is 0 Å². The van der Waals surface area contributed by atoms with E-state index in [1.54, 1.807) is 17.0 Å². The van der Waals surface area contributed by atoms with Crippen LogP contribution < -0.4 is 10.1 Å². The first-order valence-corrected chi connectivity index (χ1v) is 13.0. The van der Waals surface area contributed by atoms with Crippen molar-refractivity contribution < 1.29 is 18.7 Å². The first kappa shape index (κ1) is 28.9. The molecule has 0 bridgehead atoms. The molecule has 3 aromatic rings. The first-order valence-electron chi connectivity index (χ1n) is 13.0. The van der Waals surface area contributed by atoms with E-state index in [4.69, 9.17) is 4.74 Å². The van der Waals surface area contributed by atoms with E-state index < -0.39 is 11.6 Å². The third-order valence-electron chi connectivity index (χ3n) is 6.08. The van der Waals surface area contributed by atoms with Crippen molar-refractivity contribution in [3.8, 4) is 5.75 Å². The summed E-state index contributed by atoms with van der Waals surface area (Å²) < 4.78 is 19.7. The summed E-state index contributed by atoms with van der Waals surface area (Å²) in [7, 11) is 0. The maximum Gasteiger partial charge on any atom is 0.261 e. The number of hydrogen-bond donors (Lipinski definition) is 1. The second-order valence-electron chi connectivity index (χ2n) is 11.6. The standard InChI is InChI=1S/C32H39FN2O3/c1-31(2,3)26-14-10-11-15-28(26)38-22-29(36)35(21-24-16-18-25(33)19-17-24)27(30(37)34-32(4,5)6)20-23-12-8-7-9-13-23/h7-19,27H,20-22H2,1-6H3,(H,34,37)/t27-/m1/s1. The van der Waals surface area contributed by atoms with Crippen molar-refractivity contribution in [2.24, 2.45) is 0 Å². The van der Waals surface area contributed by atoms with E-state index in [1.807, 2.05) is 75.4 Å². The number of rotatable bonds is 9. The SMILES string of the molecule is CC(C)(C)NC(=O)[C@@H](Cc1ccccc1)N(Cc1ccc(F)cc1)C(=O)COc1ccccc1C(C)(C)C. The summed E-state index contributed by atoms with van der Waals surface area (Å²) in [5.74, 6) is -0.316. The fourth-order valence-electron chi connectivity index (χ4n) is 4.23. The third kappa shape index (κ3) is 8.44. The zero-order valence-electron chi connectivity index (χ0n) is 23.3. The Labute approximate surface area is 226 Å². The predicted molar refractivity (Wildman–Crippen MR) is 149 cm³/mol. The van der Waals surface area contributed by atoms with Gasteiger partial charge in [-0.3, -0.25) is 9.59 Å². The van der Waals surface area contributed by atoms with Crippen LogP contribution in [-0.2, 0) is 28.0 Å². The Kier molecular flexibility index (Phi) is 9.31. The van der Waals surface area contributed by atoms with Crippen LogP contribution in [0.4, 0.5) is 4.39 Å². The molecular weight excluding hydrogens is 479 g/mol. The molecule has 202 valence electrons. The highest BCUT2D eigenvalue weighted by molar-refractivity contribution is 5.89. The van der Waals surface area contributed by atoms with Gasteiger partial charge in [-0.1, -0.05) is 81.4 Å². The van der Waals surface area contributed by atoms with Crippen LogP contribution in [0.15, 0.2) is 78.9 Å². The van der Waals surface area contributed by atoms with Crippen LogP contribution >= 0.6 is 0 Å². The van der Waals surface area contributed by atoms with E-state index in [1.165, 1.54) is 12.1 Å². The Hall–Kier alpha value is -3.67. The molecule has 1 atom stereocenters. The molecule has 0 aliphatic rings. The highest BCUT2D eigenvalue weighted by Gasteiger charge is 2.32. The Bertz CT molecular complexity index is 1210. The van der Waals surface area contributed by atoms with Crippen molar-refractivity contribution in [2.75, 3.05) is 6.61 Å².